The molecule has 4 aromatic rings. The molecule has 0 spiro atoms. The van der Waals surface area contributed by atoms with Gasteiger partial charge in [0.05, 0.1) is 24.1 Å². The Balaban J connectivity index is 1.92. The lowest BCUT2D eigenvalue weighted by atomic mass is 10.1. The van der Waals surface area contributed by atoms with Crippen molar-refractivity contribution in [1.82, 2.24) is 19.6 Å². The molecule has 2 aromatic carbocycles. The average molecular weight is 372 g/mol. The van der Waals surface area contributed by atoms with Crippen molar-refractivity contribution < 1.29 is 0 Å². The van der Waals surface area contributed by atoms with Gasteiger partial charge in [0, 0.05) is 5.39 Å². The maximum atomic E-state index is 13.4. The molecule has 0 N–H and O–H groups in total. The van der Waals surface area contributed by atoms with Crippen molar-refractivity contribution in [3.63, 3.8) is 0 Å². The first-order chi connectivity index (χ1) is 13.3. The van der Waals surface area contributed by atoms with Crippen LogP contribution in [0, 0.1) is 34.6 Å². The van der Waals surface area contributed by atoms with Gasteiger partial charge in [-0.25, -0.2) is 9.36 Å². The number of hydrogen-bond acceptors (Lipinski definition) is 3. The van der Waals surface area contributed by atoms with Crippen molar-refractivity contribution in [3.05, 3.63) is 86.5 Å². The fraction of sp³-hybridized carbons (Fsp3) is 0.261. The third kappa shape index (κ3) is 3.03. The van der Waals surface area contributed by atoms with Crippen LogP contribution in [0.25, 0.3) is 16.6 Å². The molecule has 0 aliphatic carbocycles. The highest BCUT2D eigenvalue weighted by Gasteiger charge is 2.16. The lowest BCUT2D eigenvalue weighted by molar-refractivity contribution is 0.632. The Morgan fingerprint density at radius 2 is 1.61 bits per heavy atom. The van der Waals surface area contributed by atoms with Crippen LogP contribution in [0.3, 0.4) is 0 Å². The van der Waals surface area contributed by atoms with Gasteiger partial charge in [0.25, 0.3) is 5.56 Å². The Kier molecular flexibility index (Phi) is 4.38. The second kappa shape index (κ2) is 6.75. The Morgan fingerprint density at radius 3 is 2.36 bits per heavy atom. The highest BCUT2D eigenvalue weighted by Crippen LogP contribution is 2.21. The van der Waals surface area contributed by atoms with Crippen LogP contribution in [0.1, 0.15) is 33.5 Å². The predicted octanol–water partition coefficient (Wildman–Crippen LogP) is 4.17. The lowest BCUT2D eigenvalue weighted by Crippen LogP contribution is -2.26. The molecular formula is C23H24N4O. The molecule has 5 heteroatoms. The second-order valence-electron chi connectivity index (χ2n) is 7.59. The van der Waals surface area contributed by atoms with E-state index in [2.05, 4.69) is 55.2 Å². The molecule has 0 atom stereocenters. The van der Waals surface area contributed by atoms with Gasteiger partial charge in [-0.1, -0.05) is 41.5 Å². The maximum absolute atomic E-state index is 13.4. The summed E-state index contributed by atoms with van der Waals surface area (Å²) in [6, 6.07) is 12.4. The van der Waals surface area contributed by atoms with E-state index in [0.29, 0.717) is 12.1 Å². The Bertz CT molecular complexity index is 1260. The van der Waals surface area contributed by atoms with E-state index < -0.39 is 0 Å². The molecule has 0 saturated heterocycles. The van der Waals surface area contributed by atoms with Gasteiger partial charge >= 0.3 is 0 Å². The minimum atomic E-state index is -0.126. The molecule has 0 bridgehead atoms. The molecular weight excluding hydrogens is 348 g/mol. The number of rotatable bonds is 3. The van der Waals surface area contributed by atoms with E-state index in [9.17, 15) is 4.79 Å². The van der Waals surface area contributed by atoms with Crippen LogP contribution >= 0.6 is 0 Å². The number of fused-ring (bicyclic) bond motifs is 1. The summed E-state index contributed by atoms with van der Waals surface area (Å²) >= 11 is 0. The van der Waals surface area contributed by atoms with E-state index >= 15 is 0 Å². The van der Waals surface area contributed by atoms with Crippen LogP contribution in [0.4, 0.5) is 0 Å². The zero-order valence-electron chi connectivity index (χ0n) is 16.9. The van der Waals surface area contributed by atoms with Gasteiger partial charge in [-0.15, -0.1) is 0 Å². The van der Waals surface area contributed by atoms with E-state index in [0.717, 1.165) is 33.5 Å². The van der Waals surface area contributed by atoms with Gasteiger partial charge < -0.3 is 0 Å². The molecule has 4 rings (SSSR count). The number of nitrogens with zero attached hydrogens (tertiary/aromatic N) is 4. The van der Waals surface area contributed by atoms with Crippen molar-refractivity contribution in [2.24, 2.45) is 0 Å². The highest BCUT2D eigenvalue weighted by molar-refractivity contribution is 5.81. The maximum Gasteiger partial charge on any atom is 0.293 e. The average Bonchev–Trinajstić information content (AvgIpc) is 3.08. The molecule has 5 nitrogen and oxygen atoms in total. The van der Waals surface area contributed by atoms with Crippen molar-refractivity contribution in [2.45, 2.75) is 41.2 Å². The van der Waals surface area contributed by atoms with Crippen LogP contribution in [0.2, 0.25) is 0 Å². The van der Waals surface area contributed by atoms with Crippen LogP contribution in [0.5, 0.6) is 0 Å². The van der Waals surface area contributed by atoms with E-state index in [1.54, 1.807) is 15.6 Å². The Morgan fingerprint density at radius 1 is 0.893 bits per heavy atom. The highest BCUT2D eigenvalue weighted by atomic mass is 16.1. The number of hydrogen-bond donors (Lipinski definition) is 0. The SMILES string of the molecule is Cc1ccc(-n2ncc3c(C)nn(Cc4cc(C)ccc4C)c(=O)c32)c(C)c1. The van der Waals surface area contributed by atoms with Gasteiger partial charge in [0.1, 0.15) is 5.52 Å². The number of aromatic nitrogens is 4. The monoisotopic (exact) mass is 372 g/mol. The molecule has 2 aromatic heterocycles. The zero-order chi connectivity index (χ0) is 20.0. The van der Waals surface area contributed by atoms with E-state index in [1.165, 1.54) is 11.1 Å². The summed E-state index contributed by atoms with van der Waals surface area (Å²) in [6.45, 7) is 10.6. The molecule has 142 valence electrons. The van der Waals surface area contributed by atoms with Crippen molar-refractivity contribution in [3.8, 4) is 5.69 Å². The number of aryl methyl sites for hydroxylation is 5. The quantitative estimate of drug-likeness (QED) is 0.542. The first kappa shape index (κ1) is 18.2. The standard InChI is InChI=1S/C23H24N4O/c1-14-7-9-21(17(4)10-14)27-22-20(12-24-27)18(5)25-26(23(22)28)13-19-11-15(2)6-8-16(19)3/h6-12H,13H2,1-5H3. The molecule has 0 saturated carbocycles. The summed E-state index contributed by atoms with van der Waals surface area (Å²) in [5.41, 5.74) is 7.86. The third-order valence-electron chi connectivity index (χ3n) is 5.27. The Labute approximate surface area is 164 Å². The fourth-order valence-corrected chi connectivity index (χ4v) is 3.69. The van der Waals surface area contributed by atoms with Gasteiger partial charge in [-0.3, -0.25) is 4.79 Å². The molecule has 28 heavy (non-hydrogen) atoms. The molecule has 0 aliphatic rings. The molecule has 0 unspecified atom stereocenters. The fourth-order valence-electron chi connectivity index (χ4n) is 3.69. The summed E-state index contributed by atoms with van der Waals surface area (Å²) in [4.78, 5) is 13.4. The van der Waals surface area contributed by atoms with E-state index in [1.807, 2.05) is 26.0 Å². The van der Waals surface area contributed by atoms with E-state index in [-0.39, 0.29) is 5.56 Å². The zero-order valence-corrected chi connectivity index (χ0v) is 16.9. The summed E-state index contributed by atoms with van der Waals surface area (Å²) in [6.07, 6.45) is 1.74. The molecule has 0 amide bonds. The topological polar surface area (TPSA) is 52.7 Å². The summed E-state index contributed by atoms with van der Waals surface area (Å²) < 4.78 is 3.31. The summed E-state index contributed by atoms with van der Waals surface area (Å²) in [5, 5.41) is 9.88. The smallest absolute Gasteiger partial charge is 0.265 e. The summed E-state index contributed by atoms with van der Waals surface area (Å²) in [7, 11) is 0. The van der Waals surface area contributed by atoms with Crippen LogP contribution in [0.15, 0.2) is 47.4 Å². The molecule has 0 fully saturated rings. The first-order valence-electron chi connectivity index (χ1n) is 9.44. The normalized spacial score (nSPS) is 11.3. The van der Waals surface area contributed by atoms with Gasteiger partial charge in [-0.2, -0.15) is 10.2 Å². The van der Waals surface area contributed by atoms with Crippen molar-refractivity contribution >= 4 is 10.9 Å². The van der Waals surface area contributed by atoms with E-state index in [4.69, 9.17) is 0 Å². The van der Waals surface area contributed by atoms with Crippen molar-refractivity contribution in [2.75, 3.05) is 0 Å². The predicted molar refractivity (Wildman–Crippen MR) is 112 cm³/mol. The van der Waals surface area contributed by atoms with Gasteiger partial charge in [0.15, 0.2) is 0 Å². The number of benzene rings is 2. The summed E-state index contributed by atoms with van der Waals surface area (Å²) in [5.74, 6) is 0. The molecule has 0 aliphatic heterocycles. The lowest BCUT2D eigenvalue weighted by Gasteiger charge is -2.12. The first-order valence-corrected chi connectivity index (χ1v) is 9.44. The molecule has 2 heterocycles. The minimum absolute atomic E-state index is 0.126. The largest absolute Gasteiger partial charge is 0.293 e. The minimum Gasteiger partial charge on any atom is -0.265 e. The third-order valence-corrected chi connectivity index (χ3v) is 5.27. The second-order valence-corrected chi connectivity index (χ2v) is 7.59. The van der Waals surface area contributed by atoms with Gasteiger partial charge in [0.2, 0.25) is 0 Å². The van der Waals surface area contributed by atoms with Gasteiger partial charge in [-0.05, 0) is 57.4 Å². The van der Waals surface area contributed by atoms with Crippen LogP contribution in [-0.4, -0.2) is 19.6 Å². The molecule has 0 radical (unpaired) electrons. The van der Waals surface area contributed by atoms with Crippen LogP contribution < -0.4 is 5.56 Å². The van der Waals surface area contributed by atoms with Crippen molar-refractivity contribution in [1.29, 1.82) is 0 Å². The van der Waals surface area contributed by atoms with Crippen LogP contribution in [-0.2, 0) is 6.54 Å². The Hall–Kier alpha value is -3.21.